The molecule has 2 nitrogen and oxygen atoms in total. The van der Waals surface area contributed by atoms with Crippen LogP contribution in [0.5, 0.6) is 0 Å². The van der Waals surface area contributed by atoms with Gasteiger partial charge in [-0.2, -0.15) is 0 Å². The van der Waals surface area contributed by atoms with Gasteiger partial charge in [0.15, 0.2) is 0 Å². The van der Waals surface area contributed by atoms with Crippen LogP contribution in [0.1, 0.15) is 19.3 Å². The number of hydrogen-bond acceptors (Lipinski definition) is 2. The largest absolute Gasteiger partial charge is 0.396 e. The third-order valence-electron chi connectivity index (χ3n) is 2.09. The van der Waals surface area contributed by atoms with Crippen LogP contribution in [-0.4, -0.2) is 23.4 Å². The average Bonchev–Trinajstić information content (AvgIpc) is 2.04. The van der Waals surface area contributed by atoms with Crippen LogP contribution in [0.15, 0.2) is 11.6 Å². The Morgan fingerprint density at radius 1 is 1.50 bits per heavy atom. The van der Waals surface area contributed by atoms with E-state index in [1.54, 1.807) is 0 Å². The third kappa shape index (κ3) is 1.58. The van der Waals surface area contributed by atoms with Gasteiger partial charge in [0.1, 0.15) is 0 Å². The molecule has 0 spiro atoms. The molecule has 1 unspecified atom stereocenters. The van der Waals surface area contributed by atoms with Gasteiger partial charge in [-0.3, -0.25) is 0 Å². The van der Waals surface area contributed by atoms with Crippen molar-refractivity contribution in [2.45, 2.75) is 19.3 Å². The van der Waals surface area contributed by atoms with E-state index in [0.717, 1.165) is 24.8 Å². The number of allylic oxidation sites excluding steroid dienone is 1. The van der Waals surface area contributed by atoms with E-state index in [4.69, 9.17) is 10.2 Å². The zero-order valence-electron chi connectivity index (χ0n) is 6.08. The lowest BCUT2D eigenvalue weighted by molar-refractivity contribution is 0.214. The number of hydrogen-bond donors (Lipinski definition) is 2. The molecule has 0 heterocycles. The second kappa shape index (κ2) is 3.74. The lowest BCUT2D eigenvalue weighted by Gasteiger charge is -2.20. The molecule has 0 aromatic heterocycles. The van der Waals surface area contributed by atoms with E-state index in [1.165, 1.54) is 0 Å². The first kappa shape index (κ1) is 7.76. The van der Waals surface area contributed by atoms with Gasteiger partial charge in [-0.15, -0.1) is 0 Å². The van der Waals surface area contributed by atoms with Crippen molar-refractivity contribution in [2.24, 2.45) is 5.92 Å². The minimum atomic E-state index is 0.116. The van der Waals surface area contributed by atoms with Gasteiger partial charge in [0.2, 0.25) is 0 Å². The molecule has 0 fully saturated rings. The van der Waals surface area contributed by atoms with Crippen molar-refractivity contribution < 1.29 is 10.2 Å². The van der Waals surface area contributed by atoms with Gasteiger partial charge in [0.05, 0.1) is 6.61 Å². The highest BCUT2D eigenvalue weighted by Gasteiger charge is 2.14. The Balaban J connectivity index is 2.53. The minimum absolute atomic E-state index is 0.116. The summed E-state index contributed by atoms with van der Waals surface area (Å²) in [5.41, 5.74) is 1.02. The second-order valence-electron chi connectivity index (χ2n) is 2.75. The highest BCUT2D eigenvalue weighted by atomic mass is 16.3. The van der Waals surface area contributed by atoms with Gasteiger partial charge in [-0.05, 0) is 24.8 Å². The van der Waals surface area contributed by atoms with E-state index in [-0.39, 0.29) is 19.1 Å². The molecule has 0 saturated heterocycles. The molecule has 0 aromatic rings. The monoisotopic (exact) mass is 142 g/mol. The molecule has 0 saturated carbocycles. The van der Waals surface area contributed by atoms with Gasteiger partial charge in [-0.25, -0.2) is 0 Å². The van der Waals surface area contributed by atoms with Crippen molar-refractivity contribution in [3.05, 3.63) is 11.6 Å². The summed E-state index contributed by atoms with van der Waals surface area (Å²) in [6, 6.07) is 0. The van der Waals surface area contributed by atoms with Gasteiger partial charge < -0.3 is 10.2 Å². The van der Waals surface area contributed by atoms with Crippen LogP contribution in [0.3, 0.4) is 0 Å². The van der Waals surface area contributed by atoms with Crippen molar-refractivity contribution in [1.29, 1.82) is 0 Å². The SMILES string of the molecule is OCC1=CCCCC1CO. The van der Waals surface area contributed by atoms with E-state index >= 15 is 0 Å². The topological polar surface area (TPSA) is 40.5 Å². The average molecular weight is 142 g/mol. The molecule has 2 N–H and O–H groups in total. The molecule has 1 atom stereocenters. The van der Waals surface area contributed by atoms with Crippen LogP contribution in [0.4, 0.5) is 0 Å². The van der Waals surface area contributed by atoms with Gasteiger partial charge in [0, 0.05) is 12.5 Å². The fourth-order valence-corrected chi connectivity index (χ4v) is 1.41. The first-order valence-electron chi connectivity index (χ1n) is 3.79. The molecule has 0 aromatic carbocycles. The van der Waals surface area contributed by atoms with E-state index < -0.39 is 0 Å². The fourth-order valence-electron chi connectivity index (χ4n) is 1.41. The van der Waals surface area contributed by atoms with Crippen molar-refractivity contribution in [3.63, 3.8) is 0 Å². The summed E-state index contributed by atoms with van der Waals surface area (Å²) in [5.74, 6) is 0.235. The van der Waals surface area contributed by atoms with Crippen LogP contribution in [0, 0.1) is 5.92 Å². The summed E-state index contributed by atoms with van der Waals surface area (Å²) in [7, 11) is 0. The number of aliphatic hydroxyl groups is 2. The molecule has 0 amide bonds. The van der Waals surface area contributed by atoms with Crippen molar-refractivity contribution in [1.82, 2.24) is 0 Å². The lowest BCUT2D eigenvalue weighted by atomic mass is 9.89. The molecule has 0 aliphatic heterocycles. The zero-order chi connectivity index (χ0) is 7.40. The van der Waals surface area contributed by atoms with Gasteiger partial charge in [0.25, 0.3) is 0 Å². The summed E-state index contributed by atoms with van der Waals surface area (Å²) in [5, 5.41) is 17.7. The van der Waals surface area contributed by atoms with E-state index in [2.05, 4.69) is 0 Å². The summed E-state index contributed by atoms with van der Waals surface area (Å²) in [6.07, 6.45) is 5.29. The highest BCUT2D eigenvalue weighted by molar-refractivity contribution is 5.09. The molecule has 1 aliphatic rings. The lowest BCUT2D eigenvalue weighted by Crippen LogP contribution is -2.15. The number of rotatable bonds is 2. The second-order valence-corrected chi connectivity index (χ2v) is 2.75. The zero-order valence-corrected chi connectivity index (χ0v) is 6.08. The highest BCUT2D eigenvalue weighted by Crippen LogP contribution is 2.23. The summed E-state index contributed by atoms with van der Waals surface area (Å²) >= 11 is 0. The molecule has 10 heavy (non-hydrogen) atoms. The molecule has 1 aliphatic carbocycles. The predicted octanol–water partition coefficient (Wildman–Crippen LogP) is 0.698. The fraction of sp³-hybridized carbons (Fsp3) is 0.750. The van der Waals surface area contributed by atoms with Crippen LogP contribution in [0.25, 0.3) is 0 Å². The first-order chi connectivity index (χ1) is 4.88. The van der Waals surface area contributed by atoms with Crippen molar-refractivity contribution in [2.75, 3.05) is 13.2 Å². The maximum atomic E-state index is 8.84. The predicted molar refractivity (Wildman–Crippen MR) is 39.6 cm³/mol. The quantitative estimate of drug-likeness (QED) is 0.557. The summed E-state index contributed by atoms with van der Waals surface area (Å²) in [4.78, 5) is 0. The molecule has 0 radical (unpaired) electrons. The van der Waals surface area contributed by atoms with Gasteiger partial charge in [-0.1, -0.05) is 6.08 Å². The molecule has 1 rings (SSSR count). The Morgan fingerprint density at radius 2 is 2.30 bits per heavy atom. The molecular weight excluding hydrogens is 128 g/mol. The Kier molecular flexibility index (Phi) is 2.90. The maximum Gasteiger partial charge on any atom is 0.0645 e. The van der Waals surface area contributed by atoms with Crippen LogP contribution in [0.2, 0.25) is 0 Å². The Morgan fingerprint density at radius 3 is 2.80 bits per heavy atom. The van der Waals surface area contributed by atoms with E-state index in [1.807, 2.05) is 6.08 Å². The summed E-state index contributed by atoms with van der Waals surface area (Å²) in [6.45, 7) is 0.303. The maximum absolute atomic E-state index is 8.84. The number of aliphatic hydroxyl groups excluding tert-OH is 2. The molecule has 2 heteroatoms. The smallest absolute Gasteiger partial charge is 0.0645 e. The van der Waals surface area contributed by atoms with Crippen molar-refractivity contribution >= 4 is 0 Å². The Labute approximate surface area is 61.2 Å². The normalized spacial score (nSPS) is 26.2. The Hall–Kier alpha value is -0.340. The minimum Gasteiger partial charge on any atom is -0.396 e. The first-order valence-corrected chi connectivity index (χ1v) is 3.79. The van der Waals surface area contributed by atoms with Gasteiger partial charge >= 0.3 is 0 Å². The van der Waals surface area contributed by atoms with E-state index in [0.29, 0.717) is 0 Å². The van der Waals surface area contributed by atoms with Crippen molar-refractivity contribution in [3.8, 4) is 0 Å². The van der Waals surface area contributed by atoms with Crippen LogP contribution >= 0.6 is 0 Å². The third-order valence-corrected chi connectivity index (χ3v) is 2.09. The van der Waals surface area contributed by atoms with Crippen LogP contribution < -0.4 is 0 Å². The molecule has 58 valence electrons. The van der Waals surface area contributed by atoms with Crippen LogP contribution in [-0.2, 0) is 0 Å². The standard InChI is InChI=1S/C8H14O2/c9-5-7-3-1-2-4-8(7)6-10/h3,8-10H,1-2,4-6H2. The Bertz CT molecular complexity index is 129. The van der Waals surface area contributed by atoms with E-state index in [9.17, 15) is 0 Å². The molecular formula is C8H14O2. The summed E-state index contributed by atoms with van der Waals surface area (Å²) < 4.78 is 0. The molecule has 0 bridgehead atoms.